The zero-order chi connectivity index (χ0) is 34.7. The Morgan fingerprint density at radius 2 is 1.71 bits per heavy atom. The summed E-state index contributed by atoms with van der Waals surface area (Å²) in [5, 5.41) is 3.63. The largest absolute Gasteiger partial charge is 0.451 e. The molecule has 11 heteroatoms. The number of likely N-dealkylation sites (tertiary alicyclic amines) is 2. The van der Waals surface area contributed by atoms with Crippen molar-refractivity contribution in [3.63, 3.8) is 0 Å². The highest BCUT2D eigenvalue weighted by atomic mass is 35.5. The van der Waals surface area contributed by atoms with E-state index in [-0.39, 0.29) is 46.8 Å². The molecule has 2 aliphatic rings. The lowest BCUT2D eigenvalue weighted by molar-refractivity contribution is -0.134. The Morgan fingerprint density at radius 1 is 0.980 bits per heavy atom. The standard InChI is InChI=1S/C38H39ClN4O6/c1-24(44)41(2)29-13-14-34-31(21-29)33(45)22-35(49-34)37(47)40-32(20-25-9-11-28(39)12-10-25)38(48)42-18-15-26(16-19-42)30-7-4-3-6-27(30)23-43-17-5-8-36(43)46/h3-4,6-7,9-14,21-22,26,32H,5,8,15-20,23H2,1-2H3,(H,40,47)/t32-/m1/s1. The Kier molecular flexibility index (Phi) is 10.1. The van der Waals surface area contributed by atoms with Crippen molar-refractivity contribution >= 4 is 51.9 Å². The number of fused-ring (bicyclic) bond motifs is 1. The van der Waals surface area contributed by atoms with E-state index in [9.17, 15) is 24.0 Å². The van der Waals surface area contributed by atoms with Crippen molar-refractivity contribution in [3.8, 4) is 0 Å². The highest BCUT2D eigenvalue weighted by Gasteiger charge is 2.32. The maximum atomic E-state index is 14.1. The van der Waals surface area contributed by atoms with Crippen LogP contribution in [0.4, 0.5) is 5.69 Å². The molecule has 2 aliphatic heterocycles. The molecular weight excluding hydrogens is 644 g/mol. The van der Waals surface area contributed by atoms with Gasteiger partial charge in [0.05, 0.1) is 5.39 Å². The lowest BCUT2D eigenvalue weighted by atomic mass is 9.86. The molecule has 4 amide bonds. The Bertz CT molecular complexity index is 1950. The van der Waals surface area contributed by atoms with Crippen molar-refractivity contribution in [1.29, 1.82) is 0 Å². The van der Waals surface area contributed by atoms with Crippen LogP contribution in [0.5, 0.6) is 0 Å². The van der Waals surface area contributed by atoms with Crippen LogP contribution in [0.1, 0.15) is 65.8 Å². The molecule has 3 aromatic carbocycles. The van der Waals surface area contributed by atoms with Gasteiger partial charge in [-0.2, -0.15) is 0 Å². The monoisotopic (exact) mass is 682 g/mol. The topological polar surface area (TPSA) is 120 Å². The van der Waals surface area contributed by atoms with E-state index in [0.29, 0.717) is 36.8 Å². The maximum absolute atomic E-state index is 14.1. The van der Waals surface area contributed by atoms with Gasteiger partial charge in [0.1, 0.15) is 11.6 Å². The lowest BCUT2D eigenvalue weighted by Crippen LogP contribution is -2.51. The van der Waals surface area contributed by atoms with Gasteiger partial charge >= 0.3 is 0 Å². The molecule has 10 nitrogen and oxygen atoms in total. The van der Waals surface area contributed by atoms with E-state index in [0.717, 1.165) is 43.0 Å². The molecule has 1 atom stereocenters. The summed E-state index contributed by atoms with van der Waals surface area (Å²) in [6.07, 6.45) is 3.21. The first kappa shape index (κ1) is 33.9. The third-order valence-corrected chi connectivity index (χ3v) is 9.84. The summed E-state index contributed by atoms with van der Waals surface area (Å²) in [6.45, 7) is 3.82. The van der Waals surface area contributed by atoms with Gasteiger partial charge < -0.3 is 24.4 Å². The van der Waals surface area contributed by atoms with E-state index in [1.54, 1.807) is 42.3 Å². The number of hydrogen-bond acceptors (Lipinski definition) is 6. The fraction of sp³-hybridized carbons (Fsp3) is 0.342. The van der Waals surface area contributed by atoms with Crippen LogP contribution < -0.4 is 15.6 Å². The number of carbonyl (C=O) groups excluding carboxylic acids is 4. The normalized spacial score (nSPS) is 15.8. The van der Waals surface area contributed by atoms with Gasteiger partial charge in [0.15, 0.2) is 11.2 Å². The second-order valence-electron chi connectivity index (χ2n) is 12.8. The van der Waals surface area contributed by atoms with Crippen LogP contribution in [-0.2, 0) is 27.3 Å². The Labute approximate surface area is 289 Å². The summed E-state index contributed by atoms with van der Waals surface area (Å²) in [5.41, 5.74) is 3.44. The first-order chi connectivity index (χ1) is 23.6. The Morgan fingerprint density at radius 3 is 2.41 bits per heavy atom. The molecule has 3 heterocycles. The average molecular weight is 683 g/mol. The lowest BCUT2D eigenvalue weighted by Gasteiger charge is -2.35. The molecule has 0 radical (unpaired) electrons. The van der Waals surface area contributed by atoms with Crippen LogP contribution in [0.15, 0.2) is 82.0 Å². The maximum Gasteiger partial charge on any atom is 0.287 e. The molecule has 0 aliphatic carbocycles. The summed E-state index contributed by atoms with van der Waals surface area (Å²) in [5.74, 6) is -0.885. The van der Waals surface area contributed by atoms with Crippen LogP contribution in [0, 0.1) is 0 Å². The Hall–Kier alpha value is -4.96. The molecule has 1 N–H and O–H groups in total. The molecule has 0 bridgehead atoms. The molecule has 254 valence electrons. The van der Waals surface area contributed by atoms with E-state index in [1.807, 2.05) is 29.2 Å². The Balaban J connectivity index is 1.19. The van der Waals surface area contributed by atoms with Crippen LogP contribution in [0.25, 0.3) is 11.0 Å². The van der Waals surface area contributed by atoms with Gasteiger partial charge in [-0.1, -0.05) is 48.0 Å². The number of piperidine rings is 1. The van der Waals surface area contributed by atoms with Crippen molar-refractivity contribution in [3.05, 3.63) is 110 Å². The molecule has 2 fully saturated rings. The molecule has 0 unspecified atom stereocenters. The van der Waals surface area contributed by atoms with Crippen molar-refractivity contribution in [2.45, 2.75) is 57.5 Å². The van der Waals surface area contributed by atoms with Gasteiger partial charge in [-0.3, -0.25) is 24.0 Å². The minimum absolute atomic E-state index is 0.190. The SMILES string of the molecule is CC(=O)N(C)c1ccc2oc(C(=O)N[C@H](Cc3ccc(Cl)cc3)C(=O)N3CCC(c4ccccc4CN4CCCC4=O)CC3)cc(=O)c2c1. The van der Waals surface area contributed by atoms with E-state index >= 15 is 0 Å². The molecule has 2 saturated heterocycles. The van der Waals surface area contributed by atoms with Gasteiger partial charge in [-0.25, -0.2) is 0 Å². The first-order valence-corrected chi connectivity index (χ1v) is 17.0. The zero-order valence-electron chi connectivity index (χ0n) is 27.6. The number of nitrogens with zero attached hydrogens (tertiary/aromatic N) is 3. The van der Waals surface area contributed by atoms with Gasteiger partial charge in [-0.15, -0.1) is 0 Å². The van der Waals surface area contributed by atoms with Crippen molar-refractivity contribution < 1.29 is 23.6 Å². The minimum atomic E-state index is -0.925. The van der Waals surface area contributed by atoms with Gasteiger partial charge in [-0.05, 0) is 72.2 Å². The summed E-state index contributed by atoms with van der Waals surface area (Å²) in [6, 6.07) is 20.3. The predicted molar refractivity (Wildman–Crippen MR) is 188 cm³/mol. The second-order valence-corrected chi connectivity index (χ2v) is 13.2. The van der Waals surface area contributed by atoms with Gasteiger partial charge in [0.25, 0.3) is 5.91 Å². The first-order valence-electron chi connectivity index (χ1n) is 16.6. The molecule has 6 rings (SSSR count). The molecule has 0 saturated carbocycles. The summed E-state index contributed by atoms with van der Waals surface area (Å²) >= 11 is 6.11. The highest BCUT2D eigenvalue weighted by molar-refractivity contribution is 6.30. The number of amides is 4. The third kappa shape index (κ3) is 7.70. The van der Waals surface area contributed by atoms with E-state index < -0.39 is 17.4 Å². The molecule has 1 aromatic heterocycles. The number of hydrogen-bond donors (Lipinski definition) is 1. The fourth-order valence-corrected chi connectivity index (χ4v) is 6.84. The molecule has 49 heavy (non-hydrogen) atoms. The van der Waals surface area contributed by atoms with Gasteiger partial charge in [0.2, 0.25) is 17.7 Å². The van der Waals surface area contributed by atoms with E-state index in [2.05, 4.69) is 17.4 Å². The molecule has 0 spiro atoms. The number of halogens is 1. The summed E-state index contributed by atoms with van der Waals surface area (Å²) < 4.78 is 5.84. The number of anilines is 1. The van der Waals surface area contributed by atoms with Crippen LogP contribution in [-0.4, -0.2) is 66.2 Å². The van der Waals surface area contributed by atoms with E-state index in [1.165, 1.54) is 17.4 Å². The predicted octanol–water partition coefficient (Wildman–Crippen LogP) is 5.30. The highest BCUT2D eigenvalue weighted by Crippen LogP contribution is 2.32. The van der Waals surface area contributed by atoms with Crippen LogP contribution in [0.2, 0.25) is 5.02 Å². The summed E-state index contributed by atoms with van der Waals surface area (Å²) in [7, 11) is 1.60. The number of nitrogens with one attached hydrogen (secondary N) is 1. The van der Waals surface area contributed by atoms with Crippen molar-refractivity contribution in [2.24, 2.45) is 0 Å². The second kappa shape index (κ2) is 14.7. The van der Waals surface area contributed by atoms with E-state index in [4.69, 9.17) is 16.0 Å². The number of benzene rings is 3. The van der Waals surface area contributed by atoms with Crippen LogP contribution in [0.3, 0.4) is 0 Å². The van der Waals surface area contributed by atoms with Crippen LogP contribution >= 0.6 is 11.6 Å². The average Bonchev–Trinajstić information content (AvgIpc) is 3.51. The quantitative estimate of drug-likeness (QED) is 0.256. The molecular formula is C38H39ClN4O6. The minimum Gasteiger partial charge on any atom is -0.451 e. The number of carbonyl (C=O) groups is 4. The third-order valence-electron chi connectivity index (χ3n) is 9.58. The fourth-order valence-electron chi connectivity index (χ4n) is 6.72. The van der Waals surface area contributed by atoms with Gasteiger partial charge in [0, 0.05) is 69.8 Å². The number of rotatable bonds is 9. The zero-order valence-corrected chi connectivity index (χ0v) is 28.4. The summed E-state index contributed by atoms with van der Waals surface area (Å²) in [4.78, 5) is 69.9. The van der Waals surface area contributed by atoms with Crippen molar-refractivity contribution in [2.75, 3.05) is 31.6 Å². The molecule has 4 aromatic rings. The smallest absolute Gasteiger partial charge is 0.287 e. The van der Waals surface area contributed by atoms with Crippen molar-refractivity contribution in [1.82, 2.24) is 15.1 Å².